The third kappa shape index (κ3) is 4.50. The lowest BCUT2D eigenvalue weighted by molar-refractivity contribution is -0.127. The first-order chi connectivity index (χ1) is 14.2. The van der Waals surface area contributed by atoms with E-state index in [1.54, 1.807) is 48.5 Å². The fraction of sp³-hybridized carbons (Fsp3) is 0.0870. The number of esters is 1. The Hall–Kier alpha value is -3.93. The molecule has 3 aromatic carbocycles. The minimum absolute atomic E-state index is 0.209. The molecule has 0 aromatic heterocycles. The van der Waals surface area contributed by atoms with E-state index in [2.05, 4.69) is 10.5 Å². The van der Waals surface area contributed by atoms with Crippen LogP contribution in [0.25, 0.3) is 0 Å². The largest absolute Gasteiger partial charge is 0.422 e. The minimum Gasteiger partial charge on any atom is -0.422 e. The Morgan fingerprint density at radius 3 is 2.24 bits per heavy atom. The van der Waals surface area contributed by atoms with Gasteiger partial charge in [0.05, 0.1) is 0 Å². The number of nitrogens with one attached hydrogen (secondary N) is 1. The molecule has 0 saturated heterocycles. The molecule has 1 unspecified atom stereocenters. The number of rotatable bonds is 5. The van der Waals surface area contributed by atoms with Crippen molar-refractivity contribution in [3.63, 3.8) is 0 Å². The van der Waals surface area contributed by atoms with Gasteiger partial charge in [-0.05, 0) is 42.0 Å². The van der Waals surface area contributed by atoms with Crippen LogP contribution in [0.5, 0.6) is 5.75 Å². The lowest BCUT2D eigenvalue weighted by Crippen LogP contribution is -2.19. The van der Waals surface area contributed by atoms with Crippen LogP contribution in [0.4, 0.5) is 5.69 Å². The van der Waals surface area contributed by atoms with Crippen LogP contribution in [0.15, 0.2) is 90.1 Å². The summed E-state index contributed by atoms with van der Waals surface area (Å²) < 4.78 is 5.36. The Morgan fingerprint density at radius 1 is 0.897 bits per heavy atom. The fourth-order valence-electron chi connectivity index (χ4n) is 2.91. The Labute approximate surface area is 167 Å². The second kappa shape index (κ2) is 8.39. The number of ether oxygens (including phenoxy) is 1. The average molecular weight is 386 g/mol. The van der Waals surface area contributed by atoms with Crippen molar-refractivity contribution >= 4 is 23.3 Å². The number of nitrogens with zero attached hydrogens (tertiary/aromatic N) is 1. The fourth-order valence-corrected chi connectivity index (χ4v) is 2.91. The van der Waals surface area contributed by atoms with Crippen LogP contribution in [0.1, 0.15) is 28.4 Å². The van der Waals surface area contributed by atoms with Gasteiger partial charge in [0.15, 0.2) is 11.8 Å². The van der Waals surface area contributed by atoms with Crippen molar-refractivity contribution in [2.75, 3.05) is 5.32 Å². The third-order valence-corrected chi connectivity index (χ3v) is 4.43. The zero-order valence-corrected chi connectivity index (χ0v) is 15.4. The predicted octanol–water partition coefficient (Wildman–Crippen LogP) is 4.36. The van der Waals surface area contributed by atoms with Crippen molar-refractivity contribution in [2.24, 2.45) is 5.16 Å². The summed E-state index contributed by atoms with van der Waals surface area (Å²) in [6.07, 6.45) is 0.0722. The summed E-state index contributed by atoms with van der Waals surface area (Å²) in [5, 5.41) is 6.66. The van der Waals surface area contributed by atoms with Crippen LogP contribution in [0.3, 0.4) is 0 Å². The van der Waals surface area contributed by atoms with Gasteiger partial charge in [-0.15, -0.1) is 0 Å². The monoisotopic (exact) mass is 386 g/mol. The maximum atomic E-state index is 12.3. The van der Waals surface area contributed by atoms with Crippen LogP contribution < -0.4 is 10.1 Å². The Kier molecular flexibility index (Phi) is 5.33. The van der Waals surface area contributed by atoms with Gasteiger partial charge in [-0.25, -0.2) is 4.79 Å². The minimum atomic E-state index is -0.551. The summed E-state index contributed by atoms with van der Waals surface area (Å²) in [6, 6.07) is 25.1. The van der Waals surface area contributed by atoms with Crippen molar-refractivity contribution in [1.29, 1.82) is 0 Å². The molecule has 6 heteroatoms. The van der Waals surface area contributed by atoms with E-state index in [1.165, 1.54) is 0 Å². The summed E-state index contributed by atoms with van der Waals surface area (Å²) in [5.41, 5.74) is 2.36. The maximum Gasteiger partial charge on any atom is 0.361 e. The number of carbonyl (C=O) groups is 2. The summed E-state index contributed by atoms with van der Waals surface area (Å²) in [5.74, 6) is -0.400. The molecule has 1 heterocycles. The Bertz CT molecular complexity index is 1030. The number of carbonyl (C=O) groups excluding carboxylic acids is 2. The number of anilines is 1. The van der Waals surface area contributed by atoms with Gasteiger partial charge >= 0.3 is 5.97 Å². The van der Waals surface area contributed by atoms with E-state index >= 15 is 0 Å². The molecular weight excluding hydrogens is 368 g/mol. The van der Waals surface area contributed by atoms with E-state index < -0.39 is 5.97 Å². The zero-order valence-electron chi connectivity index (χ0n) is 15.4. The molecule has 6 nitrogen and oxygen atoms in total. The molecule has 0 bridgehead atoms. The first-order valence-electron chi connectivity index (χ1n) is 9.15. The van der Waals surface area contributed by atoms with Gasteiger partial charge in [0.1, 0.15) is 5.75 Å². The highest BCUT2D eigenvalue weighted by Gasteiger charge is 2.28. The number of hydrogen-bond acceptors (Lipinski definition) is 5. The summed E-state index contributed by atoms with van der Waals surface area (Å²) in [4.78, 5) is 29.9. The molecule has 1 aliphatic rings. The van der Waals surface area contributed by atoms with Crippen molar-refractivity contribution < 1.29 is 19.2 Å². The highest BCUT2D eigenvalue weighted by atomic mass is 16.6. The molecule has 3 aromatic rings. The molecule has 0 fully saturated rings. The number of oxime groups is 1. The van der Waals surface area contributed by atoms with Crippen LogP contribution >= 0.6 is 0 Å². The highest BCUT2D eigenvalue weighted by molar-refractivity contribution is 6.37. The molecule has 1 amide bonds. The van der Waals surface area contributed by atoms with E-state index in [-0.39, 0.29) is 17.7 Å². The van der Waals surface area contributed by atoms with Crippen LogP contribution in [0.2, 0.25) is 0 Å². The molecule has 1 N–H and O–H groups in total. The smallest absolute Gasteiger partial charge is 0.361 e. The molecule has 4 rings (SSSR count). The molecular formula is C23H18N2O4. The van der Waals surface area contributed by atoms with Gasteiger partial charge in [0.2, 0.25) is 0 Å². The molecule has 0 spiro atoms. The van der Waals surface area contributed by atoms with Gasteiger partial charge in [-0.2, -0.15) is 0 Å². The van der Waals surface area contributed by atoms with Crippen molar-refractivity contribution in [2.45, 2.75) is 12.5 Å². The van der Waals surface area contributed by atoms with Crippen molar-refractivity contribution in [3.8, 4) is 5.75 Å². The van der Waals surface area contributed by atoms with E-state index in [0.29, 0.717) is 23.4 Å². The van der Waals surface area contributed by atoms with E-state index in [4.69, 9.17) is 9.57 Å². The van der Waals surface area contributed by atoms with Crippen molar-refractivity contribution in [3.05, 3.63) is 96.1 Å². The molecule has 29 heavy (non-hydrogen) atoms. The highest BCUT2D eigenvalue weighted by Crippen LogP contribution is 2.27. The predicted molar refractivity (Wildman–Crippen MR) is 109 cm³/mol. The zero-order chi connectivity index (χ0) is 20.1. The summed E-state index contributed by atoms with van der Waals surface area (Å²) in [7, 11) is 0. The van der Waals surface area contributed by atoms with Crippen LogP contribution in [-0.2, 0) is 9.63 Å². The van der Waals surface area contributed by atoms with E-state index in [9.17, 15) is 9.59 Å². The molecule has 0 saturated carbocycles. The second-order valence-electron chi connectivity index (χ2n) is 6.48. The quantitative estimate of drug-likeness (QED) is 0.522. The first-order valence-corrected chi connectivity index (χ1v) is 9.15. The number of benzene rings is 3. The Balaban J connectivity index is 1.33. The average Bonchev–Trinajstić information content (AvgIpc) is 3.27. The normalized spacial score (nSPS) is 15.2. The molecule has 144 valence electrons. The SMILES string of the molecule is O=C(Oc1ccc(NC(=O)c2ccccc2)cc1)C1=NOC(c2ccccc2)C1. The topological polar surface area (TPSA) is 77.0 Å². The number of hydrogen-bond donors (Lipinski definition) is 1. The first kappa shape index (κ1) is 18.4. The van der Waals surface area contributed by atoms with E-state index in [0.717, 1.165) is 5.56 Å². The van der Waals surface area contributed by atoms with Crippen LogP contribution in [-0.4, -0.2) is 17.6 Å². The molecule has 1 atom stereocenters. The standard InChI is InChI=1S/C23H18N2O4/c26-22(17-9-5-2-6-10-17)24-18-11-13-19(14-12-18)28-23(27)20-15-21(29-25-20)16-7-3-1-4-8-16/h1-14,21H,15H2,(H,24,26). The van der Waals surface area contributed by atoms with Gasteiger partial charge in [-0.3, -0.25) is 4.79 Å². The second-order valence-corrected chi connectivity index (χ2v) is 6.48. The molecule has 0 aliphatic carbocycles. The molecule has 1 aliphatic heterocycles. The lowest BCUT2D eigenvalue weighted by atomic mass is 10.0. The van der Waals surface area contributed by atoms with Crippen LogP contribution in [0, 0.1) is 0 Å². The van der Waals surface area contributed by atoms with Gasteiger partial charge < -0.3 is 14.9 Å². The summed E-state index contributed by atoms with van der Waals surface area (Å²) in [6.45, 7) is 0. The molecule has 0 radical (unpaired) electrons. The van der Waals surface area contributed by atoms with Gasteiger partial charge in [0.25, 0.3) is 5.91 Å². The van der Waals surface area contributed by atoms with Gasteiger partial charge in [0, 0.05) is 17.7 Å². The lowest BCUT2D eigenvalue weighted by Gasteiger charge is -2.08. The van der Waals surface area contributed by atoms with Crippen molar-refractivity contribution in [1.82, 2.24) is 0 Å². The maximum absolute atomic E-state index is 12.3. The van der Waals surface area contributed by atoms with E-state index in [1.807, 2.05) is 36.4 Å². The Morgan fingerprint density at radius 2 is 1.55 bits per heavy atom. The summed E-state index contributed by atoms with van der Waals surface area (Å²) >= 11 is 0. The third-order valence-electron chi connectivity index (χ3n) is 4.43. The number of amides is 1. The van der Waals surface area contributed by atoms with Gasteiger partial charge in [-0.1, -0.05) is 53.7 Å².